The number of hydrogen-bond acceptors (Lipinski definition) is 3. The number of rotatable bonds is 7. The molecule has 2 aromatic carbocycles. The zero-order chi connectivity index (χ0) is 26.2. The summed E-state index contributed by atoms with van der Waals surface area (Å²) in [5.41, 5.74) is 8.71. The number of benzene rings is 2. The zero-order valence-corrected chi connectivity index (χ0v) is 24.2. The van der Waals surface area contributed by atoms with Crippen LogP contribution >= 0.6 is 0 Å². The number of fused-ring (bicyclic) bond motifs is 2. The Morgan fingerprint density at radius 2 is 1.84 bits per heavy atom. The summed E-state index contributed by atoms with van der Waals surface area (Å²) in [6, 6.07) is 19.1. The maximum absolute atomic E-state index is 13.7. The molecule has 1 aromatic heterocycles. The third kappa shape index (κ3) is 3.87. The molecule has 6 rings (SSSR count). The average molecular weight is 515 g/mol. The fraction of sp³-hybridized carbons (Fsp3) is 0.484. The fourth-order valence-corrected chi connectivity index (χ4v) is 8.02. The van der Waals surface area contributed by atoms with Crippen LogP contribution in [0.15, 0.2) is 48.5 Å². The second-order valence-electron chi connectivity index (χ2n) is 13.0. The van der Waals surface area contributed by atoms with Gasteiger partial charge in [-0.25, -0.2) is 14.0 Å². The van der Waals surface area contributed by atoms with Crippen molar-refractivity contribution in [1.82, 2.24) is 14.3 Å². The van der Waals surface area contributed by atoms with E-state index in [1.54, 1.807) is 0 Å². The van der Waals surface area contributed by atoms with E-state index in [2.05, 4.69) is 89.1 Å². The SMILES string of the molecule is Cc1nn(COCC[Si](C)(C)C)c(C)c1-c1ccc([N+]2(C)C(=O)CC3c4ccccc4CC34CC42)cc1. The molecule has 1 saturated carbocycles. The first kappa shape index (κ1) is 24.8. The van der Waals surface area contributed by atoms with Crippen LogP contribution in [0.1, 0.15) is 41.3 Å². The topological polar surface area (TPSA) is 44.1 Å². The van der Waals surface area contributed by atoms with Crippen LogP contribution in [0.3, 0.4) is 0 Å². The van der Waals surface area contributed by atoms with Crippen LogP contribution in [0, 0.1) is 19.3 Å². The highest BCUT2D eigenvalue weighted by Gasteiger charge is 2.75. The van der Waals surface area contributed by atoms with Crippen molar-refractivity contribution in [2.75, 3.05) is 13.7 Å². The van der Waals surface area contributed by atoms with E-state index in [1.165, 1.54) is 16.7 Å². The summed E-state index contributed by atoms with van der Waals surface area (Å²) >= 11 is 0. The van der Waals surface area contributed by atoms with Gasteiger partial charge in [0, 0.05) is 55.8 Å². The summed E-state index contributed by atoms with van der Waals surface area (Å²) in [6.45, 7) is 12.6. The maximum Gasteiger partial charge on any atom is 0.319 e. The van der Waals surface area contributed by atoms with E-state index in [4.69, 9.17) is 9.84 Å². The number of carbonyl (C=O) groups excluding carboxylic acids is 1. The predicted octanol–water partition coefficient (Wildman–Crippen LogP) is 6.45. The van der Waals surface area contributed by atoms with Crippen molar-refractivity contribution in [3.63, 3.8) is 0 Å². The number of aryl methyl sites for hydroxylation is 1. The van der Waals surface area contributed by atoms with Gasteiger partial charge in [-0.2, -0.15) is 5.10 Å². The second-order valence-corrected chi connectivity index (χ2v) is 18.6. The van der Waals surface area contributed by atoms with E-state index in [9.17, 15) is 4.79 Å². The number of nitrogens with zero attached hydrogens (tertiary/aromatic N) is 3. The smallest absolute Gasteiger partial charge is 0.319 e. The van der Waals surface area contributed by atoms with E-state index >= 15 is 0 Å². The Kier molecular flexibility index (Phi) is 5.68. The van der Waals surface area contributed by atoms with Crippen LogP contribution in [0.25, 0.3) is 11.1 Å². The van der Waals surface area contributed by atoms with E-state index in [0.29, 0.717) is 35.5 Å². The number of aromatic nitrogens is 2. The van der Waals surface area contributed by atoms with Crippen molar-refractivity contribution < 1.29 is 9.53 Å². The van der Waals surface area contributed by atoms with Crippen molar-refractivity contribution in [1.29, 1.82) is 0 Å². The van der Waals surface area contributed by atoms with Gasteiger partial charge in [0.1, 0.15) is 18.5 Å². The van der Waals surface area contributed by atoms with Gasteiger partial charge in [0.2, 0.25) is 0 Å². The summed E-state index contributed by atoms with van der Waals surface area (Å²) in [7, 11) is 1.05. The number of hydrogen-bond donors (Lipinski definition) is 0. The molecule has 37 heavy (non-hydrogen) atoms. The monoisotopic (exact) mass is 514 g/mol. The lowest BCUT2D eigenvalue weighted by atomic mass is 9.82. The van der Waals surface area contributed by atoms with Gasteiger partial charge in [-0.1, -0.05) is 43.9 Å². The van der Waals surface area contributed by atoms with E-state index in [0.717, 1.165) is 48.1 Å². The Morgan fingerprint density at radius 1 is 1.11 bits per heavy atom. The van der Waals surface area contributed by atoms with Crippen molar-refractivity contribution in [3.8, 4) is 11.1 Å². The molecular formula is C31H40N3O2Si+. The highest BCUT2D eigenvalue weighted by molar-refractivity contribution is 6.76. The van der Waals surface area contributed by atoms with E-state index in [1.807, 2.05) is 4.68 Å². The quantitative estimate of drug-likeness (QED) is 0.207. The van der Waals surface area contributed by atoms with Crippen molar-refractivity contribution in [2.24, 2.45) is 5.41 Å². The molecule has 3 aromatic rings. The number of quaternary nitrogens is 1. The molecule has 4 unspecified atom stereocenters. The van der Waals surface area contributed by atoms with Gasteiger partial charge < -0.3 is 4.74 Å². The summed E-state index contributed by atoms with van der Waals surface area (Å²) in [4.78, 5) is 13.7. The Bertz CT molecular complexity index is 1370. The van der Waals surface area contributed by atoms with Crippen molar-refractivity contribution in [2.45, 2.75) is 77.5 Å². The average Bonchev–Trinajstić information content (AvgIpc) is 3.41. The number of piperidine rings is 1. The molecule has 1 saturated heterocycles. The van der Waals surface area contributed by atoms with Crippen LogP contribution in [-0.2, 0) is 22.7 Å². The first-order valence-corrected chi connectivity index (χ1v) is 17.5. The molecular weight excluding hydrogens is 474 g/mol. The molecule has 0 radical (unpaired) electrons. The molecule has 4 atom stereocenters. The number of likely N-dealkylation sites (tertiary alicyclic amines) is 1. The van der Waals surface area contributed by atoms with Gasteiger partial charge in [-0.3, -0.25) is 0 Å². The molecule has 6 heteroatoms. The highest BCUT2D eigenvalue weighted by Crippen LogP contribution is 2.70. The highest BCUT2D eigenvalue weighted by atomic mass is 28.3. The summed E-state index contributed by atoms with van der Waals surface area (Å²) in [5.74, 6) is 0.749. The minimum Gasteiger partial charge on any atom is -0.360 e. The van der Waals surface area contributed by atoms with Gasteiger partial charge in [-0.05, 0) is 55.1 Å². The normalized spacial score (nSPS) is 28.1. The second kappa shape index (κ2) is 8.48. The first-order valence-electron chi connectivity index (χ1n) is 13.7. The number of ether oxygens (including phenoxy) is 1. The third-order valence-electron chi connectivity index (χ3n) is 9.52. The van der Waals surface area contributed by atoms with E-state index < -0.39 is 8.07 Å². The van der Waals surface area contributed by atoms with Gasteiger partial charge in [-0.15, -0.1) is 0 Å². The molecule has 2 aliphatic carbocycles. The Morgan fingerprint density at radius 3 is 2.57 bits per heavy atom. The molecule has 3 aliphatic rings. The summed E-state index contributed by atoms with van der Waals surface area (Å²) in [6.07, 6.45) is 2.91. The number of carbonyl (C=O) groups is 1. The lowest BCUT2D eigenvalue weighted by Crippen LogP contribution is -2.58. The van der Waals surface area contributed by atoms with Gasteiger partial charge in [0.25, 0.3) is 0 Å². The van der Waals surface area contributed by atoms with Crippen LogP contribution in [0.4, 0.5) is 5.69 Å². The minimum atomic E-state index is -1.10. The standard InChI is InChI=1S/C31H40N3O2Si/c1-21-30(22(2)33(32-21)20-36-15-16-37(4,5)6)23-11-13-25(14-12-23)34(3)28-19-31(28)18-24-9-7-8-10-26(24)27(31)17-29(34)35/h7-14,27-28H,15-20H2,1-6H3/q+1. The largest absolute Gasteiger partial charge is 0.360 e. The van der Waals surface area contributed by atoms with Crippen molar-refractivity contribution in [3.05, 3.63) is 71.0 Å². The molecule has 1 aliphatic heterocycles. The number of amides is 1. The molecule has 1 spiro atoms. The molecule has 194 valence electrons. The minimum absolute atomic E-state index is 0.259. The molecule has 2 fully saturated rings. The van der Waals surface area contributed by atoms with Gasteiger partial charge in [0.15, 0.2) is 0 Å². The maximum atomic E-state index is 13.7. The lowest BCUT2D eigenvalue weighted by molar-refractivity contribution is -0.133. The summed E-state index contributed by atoms with van der Waals surface area (Å²) < 4.78 is 8.39. The summed E-state index contributed by atoms with van der Waals surface area (Å²) in [5, 5.41) is 4.78. The Labute approximate surface area is 222 Å². The molecule has 1 amide bonds. The van der Waals surface area contributed by atoms with Crippen LogP contribution in [-0.4, -0.2) is 43.5 Å². The lowest BCUT2D eigenvalue weighted by Gasteiger charge is -2.39. The molecule has 0 bridgehead atoms. The Hall–Kier alpha value is -2.54. The molecule has 0 N–H and O–H groups in total. The van der Waals surface area contributed by atoms with Crippen LogP contribution in [0.5, 0.6) is 0 Å². The van der Waals surface area contributed by atoms with Crippen molar-refractivity contribution >= 4 is 19.7 Å². The fourth-order valence-electron chi connectivity index (χ4n) is 7.27. The molecule has 2 heterocycles. The van der Waals surface area contributed by atoms with E-state index in [-0.39, 0.29) is 5.41 Å². The first-order chi connectivity index (χ1) is 17.5. The van der Waals surface area contributed by atoms with Gasteiger partial charge in [0.05, 0.1) is 19.2 Å². The predicted molar refractivity (Wildman–Crippen MR) is 152 cm³/mol. The van der Waals surface area contributed by atoms with Crippen LogP contribution < -0.4 is 4.48 Å². The van der Waals surface area contributed by atoms with Gasteiger partial charge >= 0.3 is 5.91 Å². The third-order valence-corrected chi connectivity index (χ3v) is 11.2. The molecule has 5 nitrogen and oxygen atoms in total. The Balaban J connectivity index is 1.22. The zero-order valence-electron chi connectivity index (χ0n) is 23.2. The van der Waals surface area contributed by atoms with Crippen LogP contribution in [0.2, 0.25) is 25.7 Å².